The summed E-state index contributed by atoms with van der Waals surface area (Å²) in [5.74, 6) is 2.36. The Kier molecular flexibility index (Phi) is 4.89. The third-order valence-corrected chi connectivity index (χ3v) is 6.79. The van der Waals surface area contributed by atoms with Crippen LogP contribution in [0.1, 0.15) is 52.4 Å². The van der Waals surface area contributed by atoms with Crippen molar-refractivity contribution in [1.82, 2.24) is 0 Å². The van der Waals surface area contributed by atoms with E-state index in [1.54, 1.807) is 0 Å². The Balaban J connectivity index is 1.45. The van der Waals surface area contributed by atoms with Crippen LogP contribution in [0.25, 0.3) is 0 Å². The maximum atomic E-state index is 13.0. The van der Waals surface area contributed by atoms with Gasteiger partial charge in [-0.15, -0.1) is 0 Å². The van der Waals surface area contributed by atoms with Gasteiger partial charge < -0.3 is 9.47 Å². The number of halogens is 3. The molecule has 0 aromatic heterocycles. The molecule has 0 aromatic rings. The van der Waals surface area contributed by atoms with Gasteiger partial charge >= 0.3 is 12.1 Å². The fourth-order valence-corrected chi connectivity index (χ4v) is 5.21. The molecule has 24 heavy (non-hydrogen) atoms. The lowest BCUT2D eigenvalue weighted by Crippen LogP contribution is -2.47. The lowest BCUT2D eigenvalue weighted by atomic mass is 9.52. The lowest BCUT2D eigenvalue weighted by Gasteiger charge is -2.54. The van der Waals surface area contributed by atoms with Gasteiger partial charge in [0.1, 0.15) is 0 Å². The van der Waals surface area contributed by atoms with E-state index in [1.165, 1.54) is 39.0 Å². The van der Waals surface area contributed by atoms with Crippen molar-refractivity contribution in [3.63, 3.8) is 0 Å². The molecule has 4 rings (SSSR count). The zero-order chi connectivity index (χ0) is 17.5. The van der Waals surface area contributed by atoms with Crippen LogP contribution in [0.5, 0.6) is 0 Å². The molecule has 0 N–H and O–H groups in total. The average molecular weight is 348 g/mol. The predicted octanol–water partition coefficient (Wildman–Crippen LogP) is 4.55. The molecule has 0 amide bonds. The first kappa shape index (κ1) is 18.0. The highest BCUT2D eigenvalue weighted by molar-refractivity contribution is 5.77. The number of ether oxygens (including phenoxy) is 2. The van der Waals surface area contributed by atoms with Gasteiger partial charge in [0.25, 0.3) is 0 Å². The van der Waals surface area contributed by atoms with Gasteiger partial charge in [-0.25, -0.2) is 0 Å². The van der Waals surface area contributed by atoms with E-state index in [-0.39, 0.29) is 13.2 Å². The SMILES string of the molecule is CCC(C)(C(=O)OCOCC1C2CC3CC(C2)CC1C3)C(F)(F)F. The second kappa shape index (κ2) is 6.50. The number of esters is 1. The van der Waals surface area contributed by atoms with Crippen molar-refractivity contribution in [2.75, 3.05) is 13.4 Å². The van der Waals surface area contributed by atoms with E-state index in [9.17, 15) is 18.0 Å². The normalized spacial score (nSPS) is 37.3. The summed E-state index contributed by atoms with van der Waals surface area (Å²) in [6.45, 7) is 2.33. The van der Waals surface area contributed by atoms with E-state index in [0.717, 1.165) is 18.8 Å². The molecule has 1 atom stereocenters. The summed E-state index contributed by atoms with van der Waals surface area (Å²) in [5.41, 5.74) is -2.46. The molecule has 0 spiro atoms. The molecule has 1 unspecified atom stereocenters. The van der Waals surface area contributed by atoms with Gasteiger partial charge in [-0.2, -0.15) is 13.2 Å². The Morgan fingerprint density at radius 3 is 2.04 bits per heavy atom. The molecule has 6 heteroatoms. The van der Waals surface area contributed by atoms with Gasteiger partial charge in [-0.05, 0) is 75.0 Å². The molecule has 138 valence electrons. The van der Waals surface area contributed by atoms with Crippen LogP contribution < -0.4 is 0 Å². The molecule has 4 bridgehead atoms. The van der Waals surface area contributed by atoms with Gasteiger partial charge in [0.15, 0.2) is 12.2 Å². The number of rotatable bonds is 6. The van der Waals surface area contributed by atoms with Crippen LogP contribution in [-0.2, 0) is 14.3 Å². The summed E-state index contributed by atoms with van der Waals surface area (Å²) in [6.07, 6.45) is 1.49. The van der Waals surface area contributed by atoms with Crippen LogP contribution in [0.2, 0.25) is 0 Å². The van der Waals surface area contributed by atoms with Crippen molar-refractivity contribution >= 4 is 5.97 Å². The maximum Gasteiger partial charge on any atom is 0.404 e. The minimum atomic E-state index is -4.61. The molecule has 4 aliphatic carbocycles. The zero-order valence-electron chi connectivity index (χ0n) is 14.4. The zero-order valence-corrected chi connectivity index (χ0v) is 14.4. The smallest absolute Gasteiger partial charge is 0.404 e. The van der Waals surface area contributed by atoms with E-state index in [0.29, 0.717) is 24.4 Å². The van der Waals surface area contributed by atoms with Crippen LogP contribution in [0, 0.1) is 35.0 Å². The highest BCUT2D eigenvalue weighted by atomic mass is 19.4. The second-order valence-electron chi connectivity index (χ2n) is 8.20. The van der Waals surface area contributed by atoms with Crippen LogP contribution in [0.15, 0.2) is 0 Å². The minimum absolute atomic E-state index is 0.342. The molecule has 0 aliphatic heterocycles. The topological polar surface area (TPSA) is 35.5 Å². The first-order valence-corrected chi connectivity index (χ1v) is 9.06. The van der Waals surface area contributed by atoms with E-state index in [4.69, 9.17) is 9.47 Å². The van der Waals surface area contributed by atoms with Gasteiger partial charge in [0, 0.05) is 0 Å². The van der Waals surface area contributed by atoms with Crippen LogP contribution in [-0.4, -0.2) is 25.5 Å². The maximum absolute atomic E-state index is 13.0. The van der Waals surface area contributed by atoms with Crippen molar-refractivity contribution in [1.29, 1.82) is 0 Å². The molecular weight excluding hydrogens is 321 g/mol. The number of alkyl halides is 3. The third kappa shape index (κ3) is 3.18. The number of hydrogen-bond acceptors (Lipinski definition) is 3. The monoisotopic (exact) mass is 348 g/mol. The van der Waals surface area contributed by atoms with E-state index in [2.05, 4.69) is 0 Å². The minimum Gasteiger partial charge on any atom is -0.438 e. The molecule has 4 fully saturated rings. The first-order chi connectivity index (χ1) is 11.2. The Hall–Kier alpha value is -0.780. The fraction of sp³-hybridized carbons (Fsp3) is 0.944. The van der Waals surface area contributed by atoms with E-state index in [1.807, 2.05) is 0 Å². The molecule has 4 saturated carbocycles. The Morgan fingerprint density at radius 1 is 1.04 bits per heavy atom. The number of carbonyl (C=O) groups is 1. The third-order valence-electron chi connectivity index (χ3n) is 6.79. The summed E-state index contributed by atoms with van der Waals surface area (Å²) in [4.78, 5) is 11.8. The van der Waals surface area contributed by atoms with Crippen molar-refractivity contribution in [2.24, 2.45) is 35.0 Å². The highest BCUT2D eigenvalue weighted by Gasteiger charge is 2.56. The molecule has 0 aromatic carbocycles. The molecular formula is C18H27F3O3. The fourth-order valence-electron chi connectivity index (χ4n) is 5.21. The standard InChI is InChI=1S/C18H27F3O3/c1-3-17(2,18(19,20)21)16(22)24-10-23-9-15-13-5-11-4-12(7-13)8-14(15)6-11/h11-15H,3-10H2,1-2H3. The van der Waals surface area contributed by atoms with Gasteiger partial charge in [0.2, 0.25) is 0 Å². The number of carbonyl (C=O) groups excluding carboxylic acids is 1. The molecule has 3 nitrogen and oxygen atoms in total. The van der Waals surface area contributed by atoms with E-state index >= 15 is 0 Å². The van der Waals surface area contributed by atoms with Crippen molar-refractivity contribution in [3.8, 4) is 0 Å². The lowest BCUT2D eigenvalue weighted by molar-refractivity contribution is -0.236. The average Bonchev–Trinajstić information content (AvgIpc) is 2.50. The summed E-state index contributed by atoms with van der Waals surface area (Å²) in [7, 11) is 0. The van der Waals surface area contributed by atoms with Crippen LogP contribution in [0.4, 0.5) is 13.2 Å². The van der Waals surface area contributed by atoms with Gasteiger partial charge in [-0.1, -0.05) is 6.92 Å². The Morgan fingerprint density at radius 2 is 1.58 bits per heavy atom. The largest absolute Gasteiger partial charge is 0.438 e. The summed E-state index contributed by atoms with van der Waals surface area (Å²) < 4.78 is 49.3. The van der Waals surface area contributed by atoms with Crippen molar-refractivity contribution in [2.45, 2.75) is 58.5 Å². The van der Waals surface area contributed by atoms with Crippen molar-refractivity contribution in [3.05, 3.63) is 0 Å². The number of hydrogen-bond donors (Lipinski definition) is 0. The molecule has 0 saturated heterocycles. The Labute approximate surface area is 141 Å². The molecule has 0 heterocycles. The molecule has 4 aliphatic rings. The predicted molar refractivity (Wildman–Crippen MR) is 81.9 cm³/mol. The highest BCUT2D eigenvalue weighted by Crippen LogP contribution is 2.56. The summed E-state index contributed by atoms with van der Waals surface area (Å²) in [6, 6.07) is 0. The Bertz CT molecular complexity index is 449. The van der Waals surface area contributed by atoms with Crippen LogP contribution >= 0.6 is 0 Å². The first-order valence-electron chi connectivity index (χ1n) is 9.06. The van der Waals surface area contributed by atoms with Gasteiger partial charge in [0.05, 0.1) is 6.61 Å². The summed E-state index contributed by atoms with van der Waals surface area (Å²) in [5, 5.41) is 0. The van der Waals surface area contributed by atoms with Crippen molar-refractivity contribution < 1.29 is 27.4 Å². The molecule has 0 radical (unpaired) electrons. The van der Waals surface area contributed by atoms with E-state index < -0.39 is 17.6 Å². The summed E-state index contributed by atoms with van der Waals surface area (Å²) >= 11 is 0. The van der Waals surface area contributed by atoms with Crippen LogP contribution in [0.3, 0.4) is 0 Å². The quantitative estimate of drug-likeness (QED) is 0.401. The van der Waals surface area contributed by atoms with Gasteiger partial charge in [-0.3, -0.25) is 4.79 Å². The second-order valence-corrected chi connectivity index (χ2v) is 8.20.